The molecule has 0 aliphatic rings. The number of nitrogens with two attached hydrogens (primary N) is 1. The second-order valence-corrected chi connectivity index (χ2v) is 5.37. The lowest BCUT2D eigenvalue weighted by Gasteiger charge is -2.17. The minimum atomic E-state index is -0.596. The van der Waals surface area contributed by atoms with Crippen LogP contribution in [0.2, 0.25) is 5.02 Å². The predicted molar refractivity (Wildman–Crippen MR) is 74.2 cm³/mol. The molecule has 0 saturated heterocycles. The topological polar surface area (TPSA) is 98.3 Å². The molecular weight excluding hydrogens is 270 g/mol. The zero-order valence-electron chi connectivity index (χ0n) is 10.8. The van der Waals surface area contributed by atoms with Gasteiger partial charge in [0.05, 0.1) is 4.92 Å². The molecule has 1 amide bonds. The zero-order chi connectivity index (χ0) is 14.6. The number of nitro groups is 1. The number of hydrogen-bond donors (Lipinski definition) is 2. The van der Waals surface area contributed by atoms with Crippen molar-refractivity contribution in [2.24, 2.45) is 5.73 Å². The second-order valence-electron chi connectivity index (χ2n) is 4.96. The SMILES string of the molecule is CC(C)(N)CCC(=O)Nc1ccc(Cl)c([N+](=O)[O-])c1. The van der Waals surface area contributed by atoms with Crippen LogP contribution in [0.1, 0.15) is 26.7 Å². The van der Waals surface area contributed by atoms with Gasteiger partial charge in [0.1, 0.15) is 5.02 Å². The lowest BCUT2D eigenvalue weighted by atomic mass is 10.00. The number of anilines is 1. The molecule has 0 aromatic heterocycles. The predicted octanol–water partition coefficient (Wildman–Crippen LogP) is 2.70. The molecular formula is C12H16ClN3O3. The van der Waals surface area contributed by atoms with Gasteiger partial charge >= 0.3 is 0 Å². The van der Waals surface area contributed by atoms with E-state index >= 15 is 0 Å². The molecule has 1 aromatic rings. The maximum Gasteiger partial charge on any atom is 0.289 e. The Balaban J connectivity index is 2.70. The van der Waals surface area contributed by atoms with Crippen LogP contribution >= 0.6 is 11.6 Å². The fraction of sp³-hybridized carbons (Fsp3) is 0.417. The number of halogens is 1. The van der Waals surface area contributed by atoms with Crippen molar-refractivity contribution in [1.29, 1.82) is 0 Å². The molecule has 1 rings (SSSR count). The van der Waals surface area contributed by atoms with Crippen molar-refractivity contribution in [3.63, 3.8) is 0 Å². The number of amides is 1. The lowest BCUT2D eigenvalue weighted by Crippen LogP contribution is -2.33. The van der Waals surface area contributed by atoms with Crippen molar-refractivity contribution < 1.29 is 9.72 Å². The van der Waals surface area contributed by atoms with Gasteiger partial charge in [-0.05, 0) is 32.4 Å². The van der Waals surface area contributed by atoms with Crippen LogP contribution in [0.25, 0.3) is 0 Å². The molecule has 0 saturated carbocycles. The monoisotopic (exact) mass is 285 g/mol. The van der Waals surface area contributed by atoms with Crippen molar-refractivity contribution in [3.8, 4) is 0 Å². The van der Waals surface area contributed by atoms with Crippen LogP contribution in [0.15, 0.2) is 18.2 Å². The molecule has 0 radical (unpaired) electrons. The summed E-state index contributed by atoms with van der Waals surface area (Å²) in [5, 5.41) is 13.3. The number of nitrogens with one attached hydrogen (secondary N) is 1. The van der Waals surface area contributed by atoms with Gasteiger partial charge in [0, 0.05) is 23.7 Å². The fourth-order valence-electron chi connectivity index (χ4n) is 1.39. The molecule has 0 atom stereocenters. The third kappa shape index (κ3) is 5.23. The van der Waals surface area contributed by atoms with Crippen molar-refractivity contribution in [2.75, 3.05) is 5.32 Å². The molecule has 1 aromatic carbocycles. The zero-order valence-corrected chi connectivity index (χ0v) is 11.5. The number of carbonyl (C=O) groups excluding carboxylic acids is 1. The average Bonchev–Trinajstić information content (AvgIpc) is 2.28. The molecule has 0 fully saturated rings. The minimum absolute atomic E-state index is 0.0334. The highest BCUT2D eigenvalue weighted by Crippen LogP contribution is 2.27. The van der Waals surface area contributed by atoms with Gasteiger partial charge in [-0.25, -0.2) is 0 Å². The summed E-state index contributed by atoms with van der Waals surface area (Å²) in [5.74, 6) is -0.241. The first-order valence-electron chi connectivity index (χ1n) is 5.72. The standard InChI is InChI=1S/C12H16ClN3O3/c1-12(2,14)6-5-11(17)15-8-3-4-9(13)10(7-8)16(18)19/h3-4,7H,5-6,14H2,1-2H3,(H,15,17). The first-order valence-corrected chi connectivity index (χ1v) is 6.09. The number of nitro benzene ring substituents is 1. The van der Waals surface area contributed by atoms with Gasteiger partial charge in [-0.1, -0.05) is 11.6 Å². The summed E-state index contributed by atoms with van der Waals surface area (Å²) in [5.41, 5.74) is 5.45. The molecule has 0 unspecified atom stereocenters. The van der Waals surface area contributed by atoms with Gasteiger partial charge in [-0.15, -0.1) is 0 Å². The largest absolute Gasteiger partial charge is 0.326 e. The van der Waals surface area contributed by atoms with Gasteiger partial charge in [-0.3, -0.25) is 14.9 Å². The van der Waals surface area contributed by atoms with Crippen LogP contribution in [0.5, 0.6) is 0 Å². The quantitative estimate of drug-likeness (QED) is 0.642. The number of rotatable bonds is 5. The van der Waals surface area contributed by atoms with E-state index in [2.05, 4.69) is 5.32 Å². The van der Waals surface area contributed by atoms with E-state index in [4.69, 9.17) is 17.3 Å². The van der Waals surface area contributed by atoms with Gasteiger partial charge in [0.25, 0.3) is 5.69 Å². The summed E-state index contributed by atoms with van der Waals surface area (Å²) in [4.78, 5) is 21.8. The Morgan fingerprint density at radius 2 is 2.16 bits per heavy atom. The molecule has 7 heteroatoms. The van der Waals surface area contributed by atoms with Crippen LogP contribution in [0.4, 0.5) is 11.4 Å². The van der Waals surface area contributed by atoms with E-state index in [0.717, 1.165) is 0 Å². The van der Waals surface area contributed by atoms with E-state index < -0.39 is 10.5 Å². The maximum atomic E-state index is 11.7. The molecule has 0 aliphatic carbocycles. The Kier molecular flexibility index (Phi) is 4.85. The first kappa shape index (κ1) is 15.4. The van der Waals surface area contributed by atoms with E-state index in [1.165, 1.54) is 18.2 Å². The van der Waals surface area contributed by atoms with E-state index in [9.17, 15) is 14.9 Å². The number of carbonyl (C=O) groups is 1. The van der Waals surface area contributed by atoms with E-state index in [1.54, 1.807) is 0 Å². The summed E-state index contributed by atoms with van der Waals surface area (Å²) in [6, 6.07) is 4.12. The Bertz CT molecular complexity index is 497. The molecule has 104 valence electrons. The van der Waals surface area contributed by atoms with Crippen LogP contribution in [-0.2, 0) is 4.79 Å². The summed E-state index contributed by atoms with van der Waals surface area (Å²) >= 11 is 5.68. The Morgan fingerprint density at radius 1 is 1.53 bits per heavy atom. The summed E-state index contributed by atoms with van der Waals surface area (Å²) in [7, 11) is 0. The highest BCUT2D eigenvalue weighted by atomic mass is 35.5. The summed E-state index contributed by atoms with van der Waals surface area (Å²) in [6.45, 7) is 3.65. The molecule has 0 aliphatic heterocycles. The van der Waals surface area contributed by atoms with E-state index in [-0.39, 0.29) is 23.0 Å². The first-order chi connectivity index (χ1) is 8.69. The number of hydrogen-bond acceptors (Lipinski definition) is 4. The molecule has 3 N–H and O–H groups in total. The Morgan fingerprint density at radius 3 is 2.68 bits per heavy atom. The molecule has 19 heavy (non-hydrogen) atoms. The Hall–Kier alpha value is -1.66. The smallest absolute Gasteiger partial charge is 0.289 e. The van der Waals surface area contributed by atoms with Crippen molar-refractivity contribution in [3.05, 3.63) is 33.3 Å². The van der Waals surface area contributed by atoms with Crippen molar-refractivity contribution >= 4 is 28.9 Å². The third-order valence-electron chi connectivity index (χ3n) is 2.42. The minimum Gasteiger partial charge on any atom is -0.326 e. The van der Waals surface area contributed by atoms with Crippen LogP contribution < -0.4 is 11.1 Å². The van der Waals surface area contributed by atoms with Gasteiger partial charge in [0.15, 0.2) is 0 Å². The maximum absolute atomic E-state index is 11.7. The second kappa shape index (κ2) is 5.99. The van der Waals surface area contributed by atoms with Gasteiger partial charge in [0.2, 0.25) is 5.91 Å². The fourth-order valence-corrected chi connectivity index (χ4v) is 1.58. The lowest BCUT2D eigenvalue weighted by molar-refractivity contribution is -0.384. The highest BCUT2D eigenvalue weighted by Gasteiger charge is 2.16. The van der Waals surface area contributed by atoms with Gasteiger partial charge < -0.3 is 11.1 Å². The van der Waals surface area contributed by atoms with Crippen LogP contribution in [0, 0.1) is 10.1 Å². The third-order valence-corrected chi connectivity index (χ3v) is 2.74. The van der Waals surface area contributed by atoms with Crippen molar-refractivity contribution in [2.45, 2.75) is 32.2 Å². The van der Waals surface area contributed by atoms with E-state index in [1.807, 2.05) is 13.8 Å². The number of nitrogens with zero attached hydrogens (tertiary/aromatic N) is 1. The van der Waals surface area contributed by atoms with Crippen LogP contribution in [-0.4, -0.2) is 16.4 Å². The average molecular weight is 286 g/mol. The summed E-state index contributed by atoms with van der Waals surface area (Å²) < 4.78 is 0. The number of benzene rings is 1. The highest BCUT2D eigenvalue weighted by molar-refractivity contribution is 6.32. The Labute approximate surface area is 116 Å². The normalized spacial score (nSPS) is 11.2. The van der Waals surface area contributed by atoms with E-state index in [0.29, 0.717) is 12.1 Å². The molecule has 0 spiro atoms. The molecule has 0 heterocycles. The van der Waals surface area contributed by atoms with Gasteiger partial charge in [-0.2, -0.15) is 0 Å². The molecule has 0 bridgehead atoms. The van der Waals surface area contributed by atoms with Crippen LogP contribution in [0.3, 0.4) is 0 Å². The summed E-state index contributed by atoms with van der Waals surface area (Å²) in [6.07, 6.45) is 0.772. The molecule has 6 nitrogen and oxygen atoms in total. The van der Waals surface area contributed by atoms with Crippen molar-refractivity contribution in [1.82, 2.24) is 0 Å².